The summed E-state index contributed by atoms with van der Waals surface area (Å²) in [5.74, 6) is 0.840. The summed E-state index contributed by atoms with van der Waals surface area (Å²) in [6.45, 7) is 3.01. The summed E-state index contributed by atoms with van der Waals surface area (Å²) in [4.78, 5) is 8.79. The number of fused-ring (bicyclic) bond motifs is 1. The SMILES string of the molecule is CCCn1c(-c2cc(N)ccc2Cl)nc2cnccc21. The molecule has 3 aromatic rings. The predicted molar refractivity (Wildman–Crippen MR) is 82.7 cm³/mol. The zero-order valence-electron chi connectivity index (χ0n) is 11.2. The minimum Gasteiger partial charge on any atom is -0.399 e. The van der Waals surface area contributed by atoms with Crippen molar-refractivity contribution in [3.63, 3.8) is 0 Å². The van der Waals surface area contributed by atoms with E-state index in [1.807, 2.05) is 12.1 Å². The Bertz CT molecular complexity index is 764. The number of hydrogen-bond donors (Lipinski definition) is 1. The van der Waals surface area contributed by atoms with E-state index in [1.165, 1.54) is 0 Å². The molecule has 3 rings (SSSR count). The molecule has 0 aliphatic rings. The Hall–Kier alpha value is -2.07. The van der Waals surface area contributed by atoms with Crippen molar-refractivity contribution in [2.24, 2.45) is 0 Å². The number of aromatic nitrogens is 3. The maximum atomic E-state index is 6.31. The molecule has 0 atom stereocenters. The molecular formula is C15H15ClN4. The Balaban J connectivity index is 2.29. The van der Waals surface area contributed by atoms with E-state index in [1.54, 1.807) is 24.5 Å². The number of nitrogen functional groups attached to an aromatic ring is 1. The largest absolute Gasteiger partial charge is 0.399 e. The van der Waals surface area contributed by atoms with Crippen LogP contribution >= 0.6 is 11.6 Å². The molecule has 0 aliphatic heterocycles. The Morgan fingerprint density at radius 2 is 2.15 bits per heavy atom. The average Bonchev–Trinajstić information content (AvgIpc) is 2.81. The van der Waals surface area contributed by atoms with Gasteiger partial charge in [0.2, 0.25) is 0 Å². The van der Waals surface area contributed by atoms with E-state index in [9.17, 15) is 0 Å². The average molecular weight is 287 g/mol. The summed E-state index contributed by atoms with van der Waals surface area (Å²) >= 11 is 6.31. The highest BCUT2D eigenvalue weighted by Gasteiger charge is 2.14. The molecule has 1 aromatic carbocycles. The number of pyridine rings is 1. The highest BCUT2D eigenvalue weighted by molar-refractivity contribution is 6.33. The van der Waals surface area contributed by atoms with E-state index in [-0.39, 0.29) is 0 Å². The van der Waals surface area contributed by atoms with Gasteiger partial charge in [-0.05, 0) is 30.7 Å². The standard InChI is InChI=1S/C15H15ClN4/c1-2-7-20-14-5-6-18-9-13(14)19-15(20)11-8-10(17)3-4-12(11)16/h3-6,8-9H,2,7,17H2,1H3. The summed E-state index contributed by atoms with van der Waals surface area (Å²) in [7, 11) is 0. The van der Waals surface area contributed by atoms with Crippen LogP contribution in [-0.4, -0.2) is 14.5 Å². The number of nitrogens with two attached hydrogens (primary N) is 1. The summed E-state index contributed by atoms with van der Waals surface area (Å²) in [5, 5.41) is 0.653. The first-order valence-corrected chi connectivity index (χ1v) is 6.94. The zero-order valence-corrected chi connectivity index (χ0v) is 11.9. The van der Waals surface area contributed by atoms with Gasteiger partial charge in [0.15, 0.2) is 0 Å². The van der Waals surface area contributed by atoms with Gasteiger partial charge in [0, 0.05) is 24.0 Å². The predicted octanol–water partition coefficient (Wildman–Crippen LogP) is 3.74. The molecule has 0 amide bonds. The Kier molecular flexibility index (Phi) is 3.32. The number of imidazole rings is 1. The molecule has 0 bridgehead atoms. The summed E-state index contributed by atoms with van der Waals surface area (Å²) in [5.41, 5.74) is 9.35. The van der Waals surface area contributed by atoms with Gasteiger partial charge in [0.05, 0.1) is 16.7 Å². The lowest BCUT2D eigenvalue weighted by atomic mass is 10.2. The first-order valence-electron chi connectivity index (χ1n) is 6.56. The summed E-state index contributed by atoms with van der Waals surface area (Å²) in [6.07, 6.45) is 4.56. The van der Waals surface area contributed by atoms with Gasteiger partial charge in [0.1, 0.15) is 11.3 Å². The van der Waals surface area contributed by atoms with Gasteiger partial charge in [-0.15, -0.1) is 0 Å². The van der Waals surface area contributed by atoms with E-state index in [0.29, 0.717) is 10.7 Å². The second kappa shape index (κ2) is 5.13. The second-order valence-corrected chi connectivity index (χ2v) is 5.10. The van der Waals surface area contributed by atoms with Crippen molar-refractivity contribution in [2.45, 2.75) is 19.9 Å². The molecule has 0 aliphatic carbocycles. The van der Waals surface area contributed by atoms with E-state index in [4.69, 9.17) is 17.3 Å². The molecule has 0 fully saturated rings. The molecule has 0 unspecified atom stereocenters. The molecule has 0 saturated carbocycles. The quantitative estimate of drug-likeness (QED) is 0.746. The van der Waals surface area contributed by atoms with Crippen LogP contribution < -0.4 is 5.73 Å². The van der Waals surface area contributed by atoms with Crippen molar-refractivity contribution in [3.8, 4) is 11.4 Å². The third kappa shape index (κ3) is 2.12. The number of benzene rings is 1. The zero-order chi connectivity index (χ0) is 14.1. The monoisotopic (exact) mass is 286 g/mol. The van der Waals surface area contributed by atoms with Crippen LogP contribution in [0.4, 0.5) is 5.69 Å². The molecule has 102 valence electrons. The van der Waals surface area contributed by atoms with Crippen molar-refractivity contribution in [1.29, 1.82) is 0 Å². The molecule has 0 spiro atoms. The van der Waals surface area contributed by atoms with Crippen LogP contribution in [0.25, 0.3) is 22.4 Å². The van der Waals surface area contributed by atoms with E-state index < -0.39 is 0 Å². The van der Waals surface area contributed by atoms with Crippen molar-refractivity contribution in [2.75, 3.05) is 5.73 Å². The smallest absolute Gasteiger partial charge is 0.142 e. The molecule has 4 nitrogen and oxygen atoms in total. The first-order chi connectivity index (χ1) is 9.70. The molecular weight excluding hydrogens is 272 g/mol. The highest BCUT2D eigenvalue weighted by atomic mass is 35.5. The van der Waals surface area contributed by atoms with Crippen molar-refractivity contribution >= 4 is 28.3 Å². The van der Waals surface area contributed by atoms with Gasteiger partial charge >= 0.3 is 0 Å². The normalized spacial score (nSPS) is 11.1. The van der Waals surface area contributed by atoms with Crippen LogP contribution in [0.5, 0.6) is 0 Å². The van der Waals surface area contributed by atoms with Gasteiger partial charge < -0.3 is 10.3 Å². The lowest BCUT2D eigenvalue weighted by Gasteiger charge is -2.09. The third-order valence-electron chi connectivity index (χ3n) is 3.23. The number of nitrogens with zero attached hydrogens (tertiary/aromatic N) is 3. The molecule has 2 N–H and O–H groups in total. The number of aryl methyl sites for hydroxylation is 1. The van der Waals surface area contributed by atoms with Crippen molar-refractivity contribution < 1.29 is 0 Å². The fourth-order valence-corrected chi connectivity index (χ4v) is 2.55. The maximum absolute atomic E-state index is 6.31. The molecule has 2 aromatic heterocycles. The Labute approximate surface area is 122 Å². The minimum atomic E-state index is 0.653. The molecule has 0 radical (unpaired) electrons. The van der Waals surface area contributed by atoms with E-state index in [0.717, 1.165) is 35.4 Å². The minimum absolute atomic E-state index is 0.653. The van der Waals surface area contributed by atoms with Crippen LogP contribution in [0.2, 0.25) is 5.02 Å². The summed E-state index contributed by atoms with van der Waals surface area (Å²) < 4.78 is 2.16. The van der Waals surface area contributed by atoms with Gasteiger partial charge in [0.25, 0.3) is 0 Å². The highest BCUT2D eigenvalue weighted by Crippen LogP contribution is 2.31. The van der Waals surface area contributed by atoms with Crippen LogP contribution in [0.1, 0.15) is 13.3 Å². The molecule has 2 heterocycles. The molecule has 0 saturated heterocycles. The number of anilines is 1. The van der Waals surface area contributed by atoms with Gasteiger partial charge in [-0.3, -0.25) is 4.98 Å². The van der Waals surface area contributed by atoms with Gasteiger partial charge in [-0.25, -0.2) is 4.98 Å². The van der Waals surface area contributed by atoms with Gasteiger partial charge in [-0.2, -0.15) is 0 Å². The Morgan fingerprint density at radius 3 is 2.95 bits per heavy atom. The Morgan fingerprint density at radius 1 is 1.30 bits per heavy atom. The topological polar surface area (TPSA) is 56.7 Å². The van der Waals surface area contributed by atoms with E-state index >= 15 is 0 Å². The van der Waals surface area contributed by atoms with Crippen LogP contribution in [0.15, 0.2) is 36.7 Å². The van der Waals surface area contributed by atoms with E-state index in [2.05, 4.69) is 21.5 Å². The lowest BCUT2D eigenvalue weighted by Crippen LogP contribution is -2.00. The molecule has 20 heavy (non-hydrogen) atoms. The first kappa shape index (κ1) is 12.9. The lowest BCUT2D eigenvalue weighted by molar-refractivity contribution is 0.704. The third-order valence-corrected chi connectivity index (χ3v) is 3.56. The van der Waals surface area contributed by atoms with Crippen molar-refractivity contribution in [1.82, 2.24) is 14.5 Å². The van der Waals surface area contributed by atoms with Crippen LogP contribution in [0.3, 0.4) is 0 Å². The van der Waals surface area contributed by atoms with Crippen molar-refractivity contribution in [3.05, 3.63) is 41.7 Å². The van der Waals surface area contributed by atoms with Crippen LogP contribution in [-0.2, 0) is 6.54 Å². The molecule has 5 heteroatoms. The number of hydrogen-bond acceptors (Lipinski definition) is 3. The number of rotatable bonds is 3. The summed E-state index contributed by atoms with van der Waals surface area (Å²) in [6, 6.07) is 7.44. The fraction of sp³-hybridized carbons (Fsp3) is 0.200. The number of halogens is 1. The van der Waals surface area contributed by atoms with Crippen LogP contribution in [0, 0.1) is 0 Å². The fourth-order valence-electron chi connectivity index (χ4n) is 2.35. The maximum Gasteiger partial charge on any atom is 0.142 e. The second-order valence-electron chi connectivity index (χ2n) is 4.69. The van der Waals surface area contributed by atoms with Gasteiger partial charge in [-0.1, -0.05) is 18.5 Å².